The summed E-state index contributed by atoms with van der Waals surface area (Å²) in [5.41, 5.74) is 3.01. The third-order valence-electron chi connectivity index (χ3n) is 7.43. The molecule has 1 aromatic carbocycles. The fourth-order valence-corrected chi connectivity index (χ4v) is 6.53. The molecule has 0 aromatic heterocycles. The van der Waals surface area contributed by atoms with Gasteiger partial charge in [-0.3, -0.25) is 4.90 Å². The standard InChI is InChI=1S/C22H29N3OS/c1-17-2-3-20(10-18(17)12-23)27-25-8-6-21(7-9-25)5-4-19(11-21)24-13-22(14-24)15-26-16-22/h2-3,10,19H,4-9,11,13-16H2,1H3. The first-order valence-corrected chi connectivity index (χ1v) is 11.1. The van der Waals surface area contributed by atoms with E-state index in [2.05, 4.69) is 27.4 Å². The number of hydrogen-bond donors (Lipinski definition) is 0. The minimum Gasteiger partial charge on any atom is -0.380 e. The van der Waals surface area contributed by atoms with Gasteiger partial charge in [0.15, 0.2) is 0 Å². The summed E-state index contributed by atoms with van der Waals surface area (Å²) >= 11 is 1.84. The maximum Gasteiger partial charge on any atom is 0.0994 e. The lowest BCUT2D eigenvalue weighted by molar-refractivity contribution is -0.198. The van der Waals surface area contributed by atoms with Crippen LogP contribution in [0.2, 0.25) is 0 Å². The van der Waals surface area contributed by atoms with Gasteiger partial charge in [-0.2, -0.15) is 5.26 Å². The topological polar surface area (TPSA) is 39.5 Å². The summed E-state index contributed by atoms with van der Waals surface area (Å²) < 4.78 is 7.94. The van der Waals surface area contributed by atoms with Crippen molar-refractivity contribution in [1.82, 2.24) is 9.21 Å². The molecule has 5 heteroatoms. The van der Waals surface area contributed by atoms with E-state index in [1.807, 2.05) is 24.9 Å². The lowest BCUT2D eigenvalue weighted by Crippen LogP contribution is -2.67. The van der Waals surface area contributed by atoms with Crippen molar-refractivity contribution in [3.8, 4) is 6.07 Å². The molecule has 1 unspecified atom stereocenters. The molecule has 4 aliphatic rings. The molecule has 1 aliphatic carbocycles. The highest BCUT2D eigenvalue weighted by Gasteiger charge is 2.53. The number of nitrogens with zero attached hydrogens (tertiary/aromatic N) is 3. The Hall–Kier alpha value is -1.06. The predicted molar refractivity (Wildman–Crippen MR) is 107 cm³/mol. The van der Waals surface area contributed by atoms with E-state index in [0.717, 1.165) is 30.4 Å². The van der Waals surface area contributed by atoms with Gasteiger partial charge < -0.3 is 4.74 Å². The van der Waals surface area contributed by atoms with Crippen LogP contribution >= 0.6 is 11.9 Å². The largest absolute Gasteiger partial charge is 0.380 e. The first-order valence-electron chi connectivity index (χ1n) is 10.3. The number of hydrogen-bond acceptors (Lipinski definition) is 5. The zero-order valence-corrected chi connectivity index (χ0v) is 17.1. The number of aryl methyl sites for hydroxylation is 1. The number of benzene rings is 1. The Bertz CT molecular complexity index is 753. The number of piperidine rings is 1. The van der Waals surface area contributed by atoms with Crippen LogP contribution in [0.5, 0.6) is 0 Å². The third kappa shape index (κ3) is 3.31. The minimum absolute atomic E-state index is 0.548. The van der Waals surface area contributed by atoms with Crippen molar-refractivity contribution in [3.63, 3.8) is 0 Å². The number of ether oxygens (including phenoxy) is 1. The second-order valence-electron chi connectivity index (χ2n) is 9.40. The highest BCUT2D eigenvalue weighted by atomic mass is 32.2. The smallest absolute Gasteiger partial charge is 0.0994 e. The first kappa shape index (κ1) is 18.0. The number of rotatable bonds is 3. The van der Waals surface area contributed by atoms with Crippen LogP contribution < -0.4 is 0 Å². The molecule has 0 N–H and O–H groups in total. The molecule has 27 heavy (non-hydrogen) atoms. The molecule has 4 nitrogen and oxygen atoms in total. The second-order valence-corrected chi connectivity index (χ2v) is 10.6. The average molecular weight is 384 g/mol. The fraction of sp³-hybridized carbons (Fsp3) is 0.682. The van der Waals surface area contributed by atoms with Crippen LogP contribution in [-0.2, 0) is 4.74 Å². The van der Waals surface area contributed by atoms with E-state index in [1.54, 1.807) is 0 Å². The van der Waals surface area contributed by atoms with E-state index in [0.29, 0.717) is 10.8 Å². The zero-order chi connectivity index (χ0) is 18.5. The Labute approximate surface area is 167 Å². The molecule has 1 atom stereocenters. The van der Waals surface area contributed by atoms with E-state index in [9.17, 15) is 5.26 Å². The van der Waals surface area contributed by atoms with Gasteiger partial charge in [-0.05, 0) is 74.1 Å². The molecule has 3 aliphatic heterocycles. The Morgan fingerprint density at radius 2 is 1.93 bits per heavy atom. The molecule has 4 fully saturated rings. The highest BCUT2D eigenvalue weighted by molar-refractivity contribution is 7.97. The van der Waals surface area contributed by atoms with Gasteiger partial charge in [0.1, 0.15) is 0 Å². The molecule has 5 rings (SSSR count). The van der Waals surface area contributed by atoms with Crippen molar-refractivity contribution in [2.75, 3.05) is 39.4 Å². The van der Waals surface area contributed by atoms with Crippen LogP contribution in [0.3, 0.4) is 0 Å². The molecule has 0 radical (unpaired) electrons. The van der Waals surface area contributed by atoms with Gasteiger partial charge in [-0.15, -0.1) is 0 Å². The SMILES string of the molecule is Cc1ccc(SN2CCC3(CCC(N4CC5(COC5)C4)C3)CC2)cc1C#N. The summed E-state index contributed by atoms with van der Waals surface area (Å²) in [6, 6.07) is 9.40. The lowest BCUT2D eigenvalue weighted by atomic mass is 9.75. The molecule has 0 amide bonds. The molecule has 3 saturated heterocycles. The summed E-state index contributed by atoms with van der Waals surface area (Å²) in [6.07, 6.45) is 6.88. The van der Waals surface area contributed by atoms with Crippen molar-refractivity contribution in [2.45, 2.75) is 50.0 Å². The van der Waals surface area contributed by atoms with Crippen molar-refractivity contribution >= 4 is 11.9 Å². The summed E-state index contributed by atoms with van der Waals surface area (Å²) in [4.78, 5) is 3.94. The first-order chi connectivity index (χ1) is 13.1. The average Bonchev–Trinajstić information content (AvgIpc) is 3.00. The molecule has 0 bridgehead atoms. The van der Waals surface area contributed by atoms with Gasteiger partial charge in [0.25, 0.3) is 0 Å². The van der Waals surface area contributed by atoms with E-state index in [4.69, 9.17) is 4.74 Å². The number of likely N-dealkylation sites (tertiary alicyclic amines) is 1. The predicted octanol–water partition coefficient (Wildman–Crippen LogP) is 3.84. The highest BCUT2D eigenvalue weighted by Crippen LogP contribution is 2.51. The zero-order valence-electron chi connectivity index (χ0n) is 16.2. The van der Waals surface area contributed by atoms with Crippen LogP contribution in [0.15, 0.2) is 23.1 Å². The van der Waals surface area contributed by atoms with Gasteiger partial charge in [0.2, 0.25) is 0 Å². The monoisotopic (exact) mass is 383 g/mol. The summed E-state index contributed by atoms with van der Waals surface area (Å²) in [5, 5.41) is 9.25. The van der Waals surface area contributed by atoms with Crippen LogP contribution in [-0.4, -0.2) is 54.6 Å². The normalized spacial score (nSPS) is 29.4. The van der Waals surface area contributed by atoms with E-state index in [-0.39, 0.29) is 0 Å². The maximum atomic E-state index is 9.25. The lowest BCUT2D eigenvalue weighted by Gasteiger charge is -2.57. The van der Waals surface area contributed by atoms with E-state index < -0.39 is 0 Å². The summed E-state index contributed by atoms with van der Waals surface area (Å²) in [7, 11) is 0. The molecule has 3 heterocycles. The summed E-state index contributed by atoms with van der Waals surface area (Å²) in [5.74, 6) is 0. The Kier molecular flexibility index (Phi) is 4.52. The van der Waals surface area contributed by atoms with Crippen molar-refractivity contribution in [3.05, 3.63) is 29.3 Å². The van der Waals surface area contributed by atoms with E-state index >= 15 is 0 Å². The fourth-order valence-electron chi connectivity index (χ4n) is 5.57. The van der Waals surface area contributed by atoms with Gasteiger partial charge in [-0.25, -0.2) is 4.31 Å². The molecule has 1 aromatic rings. The molecule has 144 valence electrons. The van der Waals surface area contributed by atoms with Crippen LogP contribution in [0, 0.1) is 29.1 Å². The summed E-state index contributed by atoms with van der Waals surface area (Å²) in [6.45, 7) is 8.91. The van der Waals surface area contributed by atoms with Crippen molar-refractivity contribution in [2.24, 2.45) is 10.8 Å². The van der Waals surface area contributed by atoms with Gasteiger partial charge in [-0.1, -0.05) is 6.07 Å². The van der Waals surface area contributed by atoms with Crippen molar-refractivity contribution < 1.29 is 4.74 Å². The maximum absolute atomic E-state index is 9.25. The molecular weight excluding hydrogens is 354 g/mol. The second kappa shape index (κ2) is 6.77. The van der Waals surface area contributed by atoms with Gasteiger partial charge in [0.05, 0.1) is 24.8 Å². The van der Waals surface area contributed by atoms with Crippen LogP contribution in [0.1, 0.15) is 43.2 Å². The molecular formula is C22H29N3OS. The number of nitriles is 1. The molecule has 2 spiro atoms. The minimum atomic E-state index is 0.548. The van der Waals surface area contributed by atoms with Crippen LogP contribution in [0.4, 0.5) is 0 Å². The van der Waals surface area contributed by atoms with Crippen LogP contribution in [0.25, 0.3) is 0 Å². The molecule has 1 saturated carbocycles. The van der Waals surface area contributed by atoms with Gasteiger partial charge >= 0.3 is 0 Å². The Morgan fingerprint density at radius 1 is 1.15 bits per heavy atom. The van der Waals surface area contributed by atoms with Crippen molar-refractivity contribution in [1.29, 1.82) is 5.26 Å². The van der Waals surface area contributed by atoms with E-state index in [1.165, 1.54) is 63.2 Å². The van der Waals surface area contributed by atoms with Gasteiger partial charge in [0, 0.05) is 42.5 Å². The third-order valence-corrected chi connectivity index (χ3v) is 8.52. The Morgan fingerprint density at radius 3 is 2.59 bits per heavy atom. The Balaban J connectivity index is 1.13. The quantitative estimate of drug-likeness (QED) is 0.742.